The molecule has 0 bridgehead atoms. The lowest BCUT2D eigenvalue weighted by molar-refractivity contribution is 0.0696. The highest BCUT2D eigenvalue weighted by Gasteiger charge is 2.20. The van der Waals surface area contributed by atoms with Crippen molar-refractivity contribution >= 4 is 5.97 Å². The number of benzene rings is 1. The van der Waals surface area contributed by atoms with Gasteiger partial charge >= 0.3 is 5.97 Å². The van der Waals surface area contributed by atoms with Gasteiger partial charge in [0.2, 0.25) is 0 Å². The van der Waals surface area contributed by atoms with Gasteiger partial charge in [-0.2, -0.15) is 0 Å². The van der Waals surface area contributed by atoms with Crippen molar-refractivity contribution in [2.75, 3.05) is 0 Å². The summed E-state index contributed by atoms with van der Waals surface area (Å²) in [5.41, 5.74) is 6.25. The first-order valence-electron chi connectivity index (χ1n) is 8.06. The van der Waals surface area contributed by atoms with E-state index in [0.717, 1.165) is 23.4 Å². The van der Waals surface area contributed by atoms with Crippen LogP contribution < -0.4 is 0 Å². The summed E-state index contributed by atoms with van der Waals surface area (Å²) in [5, 5.41) is 9.41. The molecule has 0 saturated heterocycles. The second-order valence-electron chi connectivity index (χ2n) is 6.49. The van der Waals surface area contributed by atoms with Crippen molar-refractivity contribution in [3.63, 3.8) is 0 Å². The van der Waals surface area contributed by atoms with Gasteiger partial charge in [-0.1, -0.05) is 12.1 Å². The summed E-state index contributed by atoms with van der Waals surface area (Å²) in [5.74, 6) is -0.851. The molecule has 0 amide bonds. The van der Waals surface area contributed by atoms with E-state index >= 15 is 0 Å². The van der Waals surface area contributed by atoms with E-state index in [2.05, 4.69) is 36.6 Å². The highest BCUT2D eigenvalue weighted by Crippen LogP contribution is 2.32. The minimum Gasteiger partial charge on any atom is -0.478 e. The van der Waals surface area contributed by atoms with Crippen LogP contribution in [0.4, 0.5) is 0 Å². The molecule has 0 saturated carbocycles. The summed E-state index contributed by atoms with van der Waals surface area (Å²) in [6, 6.07) is 8.68. The molecule has 1 aromatic heterocycles. The first-order valence-corrected chi connectivity index (χ1v) is 8.06. The molecule has 1 aliphatic rings. The zero-order chi connectivity index (χ0) is 15.9. The summed E-state index contributed by atoms with van der Waals surface area (Å²) < 4.78 is 2.13. The van der Waals surface area contributed by atoms with Gasteiger partial charge in [0.25, 0.3) is 0 Å². The third kappa shape index (κ3) is 2.45. The van der Waals surface area contributed by atoms with Gasteiger partial charge in [0.05, 0.1) is 5.56 Å². The highest BCUT2D eigenvalue weighted by molar-refractivity contribution is 5.91. The van der Waals surface area contributed by atoms with Gasteiger partial charge in [-0.3, -0.25) is 0 Å². The third-order valence-corrected chi connectivity index (χ3v) is 4.68. The summed E-state index contributed by atoms with van der Waals surface area (Å²) >= 11 is 0. The van der Waals surface area contributed by atoms with E-state index in [1.165, 1.54) is 30.4 Å². The number of carboxylic acids is 1. The molecule has 1 heterocycles. The minimum absolute atomic E-state index is 0.235. The zero-order valence-corrected chi connectivity index (χ0v) is 13.5. The molecule has 3 nitrogen and oxygen atoms in total. The van der Waals surface area contributed by atoms with Crippen LogP contribution in [0, 0.1) is 6.92 Å². The van der Waals surface area contributed by atoms with Crippen molar-refractivity contribution in [2.45, 2.75) is 52.5 Å². The van der Waals surface area contributed by atoms with Crippen LogP contribution in [0.25, 0.3) is 11.3 Å². The molecule has 1 N–H and O–H groups in total. The SMILES string of the molecule is Cc1c(C(=O)O)cc(-c2ccc3c(c2)CCCC3)n1C(C)C. The lowest BCUT2D eigenvalue weighted by Gasteiger charge is -2.19. The van der Waals surface area contributed by atoms with Gasteiger partial charge in [-0.25, -0.2) is 4.79 Å². The van der Waals surface area contributed by atoms with Crippen molar-refractivity contribution < 1.29 is 9.90 Å². The van der Waals surface area contributed by atoms with Crippen LogP contribution in [0.15, 0.2) is 24.3 Å². The van der Waals surface area contributed by atoms with Crippen LogP contribution in [-0.4, -0.2) is 15.6 Å². The molecule has 3 heteroatoms. The second-order valence-corrected chi connectivity index (χ2v) is 6.49. The van der Waals surface area contributed by atoms with E-state index in [0.29, 0.717) is 5.56 Å². The van der Waals surface area contributed by atoms with Crippen molar-refractivity contribution in [3.05, 3.63) is 46.6 Å². The lowest BCUT2D eigenvalue weighted by atomic mass is 9.90. The molecule has 0 fully saturated rings. The maximum Gasteiger partial charge on any atom is 0.337 e. The Hall–Kier alpha value is -2.03. The van der Waals surface area contributed by atoms with Crippen molar-refractivity contribution in [2.24, 2.45) is 0 Å². The molecule has 2 aromatic rings. The quantitative estimate of drug-likeness (QED) is 0.898. The number of hydrogen-bond acceptors (Lipinski definition) is 1. The number of aromatic carboxylic acids is 1. The predicted molar refractivity (Wildman–Crippen MR) is 88.6 cm³/mol. The van der Waals surface area contributed by atoms with E-state index in [9.17, 15) is 9.90 Å². The summed E-state index contributed by atoms with van der Waals surface area (Å²) in [6.45, 7) is 6.09. The molecule has 0 spiro atoms. The Bertz CT molecular complexity index is 725. The Labute approximate surface area is 131 Å². The van der Waals surface area contributed by atoms with E-state index in [1.54, 1.807) is 0 Å². The van der Waals surface area contributed by atoms with Crippen molar-refractivity contribution in [1.29, 1.82) is 0 Å². The van der Waals surface area contributed by atoms with E-state index in [1.807, 2.05) is 13.0 Å². The van der Waals surface area contributed by atoms with Crippen LogP contribution in [0.2, 0.25) is 0 Å². The number of nitrogens with zero attached hydrogens (tertiary/aromatic N) is 1. The minimum atomic E-state index is -0.851. The van der Waals surface area contributed by atoms with E-state index in [-0.39, 0.29) is 6.04 Å². The normalized spacial score (nSPS) is 14.2. The number of carboxylic acid groups (broad SMARTS) is 1. The molecule has 1 aliphatic carbocycles. The summed E-state index contributed by atoms with van der Waals surface area (Å²) in [4.78, 5) is 11.5. The fraction of sp³-hybridized carbons (Fsp3) is 0.421. The molecule has 116 valence electrons. The molecule has 0 unspecified atom stereocenters. The molecular formula is C19H23NO2. The van der Waals surface area contributed by atoms with Crippen molar-refractivity contribution in [3.8, 4) is 11.3 Å². The van der Waals surface area contributed by atoms with Crippen LogP contribution >= 0.6 is 0 Å². The van der Waals surface area contributed by atoms with Gasteiger partial charge in [0, 0.05) is 17.4 Å². The highest BCUT2D eigenvalue weighted by atomic mass is 16.4. The van der Waals surface area contributed by atoms with Gasteiger partial charge < -0.3 is 9.67 Å². The topological polar surface area (TPSA) is 42.2 Å². The monoisotopic (exact) mass is 297 g/mol. The number of rotatable bonds is 3. The molecule has 0 radical (unpaired) electrons. The Morgan fingerprint density at radius 1 is 1.14 bits per heavy atom. The molecule has 1 aromatic carbocycles. The standard InChI is InChI=1S/C19H23NO2/c1-12(2)20-13(3)17(19(21)22)11-18(20)16-9-8-14-6-4-5-7-15(14)10-16/h8-12H,4-7H2,1-3H3,(H,21,22). The first-order chi connectivity index (χ1) is 10.5. The largest absolute Gasteiger partial charge is 0.478 e. The van der Waals surface area contributed by atoms with Gasteiger partial charge in [-0.15, -0.1) is 0 Å². The van der Waals surface area contributed by atoms with Crippen molar-refractivity contribution in [1.82, 2.24) is 4.57 Å². The average molecular weight is 297 g/mol. The molecule has 0 aliphatic heterocycles. The van der Waals surface area contributed by atoms with Crippen LogP contribution in [0.1, 0.15) is 59.9 Å². The Morgan fingerprint density at radius 3 is 2.45 bits per heavy atom. The smallest absolute Gasteiger partial charge is 0.337 e. The average Bonchev–Trinajstić information content (AvgIpc) is 2.84. The fourth-order valence-corrected chi connectivity index (χ4v) is 3.62. The number of hydrogen-bond donors (Lipinski definition) is 1. The second kappa shape index (κ2) is 5.64. The third-order valence-electron chi connectivity index (χ3n) is 4.68. The van der Waals surface area contributed by atoms with Crippen LogP contribution in [-0.2, 0) is 12.8 Å². The Morgan fingerprint density at radius 2 is 1.82 bits per heavy atom. The first kappa shape index (κ1) is 14.9. The number of fused-ring (bicyclic) bond motifs is 1. The van der Waals surface area contributed by atoms with Gasteiger partial charge in [0.15, 0.2) is 0 Å². The van der Waals surface area contributed by atoms with E-state index in [4.69, 9.17) is 0 Å². The Kier molecular flexibility index (Phi) is 3.81. The summed E-state index contributed by atoms with van der Waals surface area (Å²) in [7, 11) is 0. The zero-order valence-electron chi connectivity index (χ0n) is 13.5. The summed E-state index contributed by atoms with van der Waals surface area (Å²) in [6.07, 6.45) is 4.83. The fourth-order valence-electron chi connectivity index (χ4n) is 3.62. The van der Waals surface area contributed by atoms with Crippen LogP contribution in [0.3, 0.4) is 0 Å². The predicted octanol–water partition coefficient (Wildman–Crippen LogP) is 4.62. The molecular weight excluding hydrogens is 274 g/mol. The number of aryl methyl sites for hydroxylation is 2. The van der Waals surface area contributed by atoms with Gasteiger partial charge in [-0.05, 0) is 75.3 Å². The Balaban J connectivity index is 2.15. The van der Waals surface area contributed by atoms with Crippen LogP contribution in [0.5, 0.6) is 0 Å². The number of carbonyl (C=O) groups is 1. The van der Waals surface area contributed by atoms with E-state index < -0.39 is 5.97 Å². The maximum atomic E-state index is 11.5. The molecule has 3 rings (SSSR count). The maximum absolute atomic E-state index is 11.5. The lowest BCUT2D eigenvalue weighted by Crippen LogP contribution is -2.07. The van der Waals surface area contributed by atoms with Gasteiger partial charge in [0.1, 0.15) is 0 Å². The number of aromatic nitrogens is 1. The molecule has 22 heavy (non-hydrogen) atoms. The molecule has 0 atom stereocenters.